The van der Waals surface area contributed by atoms with Gasteiger partial charge in [-0.25, -0.2) is 0 Å². The first-order valence-electron chi connectivity index (χ1n) is 5.15. The SMILES string of the molecule is CC(C)OCNCCc1ccccc1. The Labute approximate surface area is 86.3 Å². The van der Waals surface area contributed by atoms with Gasteiger partial charge in [-0.2, -0.15) is 0 Å². The first kappa shape index (κ1) is 11.2. The molecule has 0 amide bonds. The molecule has 0 unspecified atom stereocenters. The smallest absolute Gasteiger partial charge is 0.0968 e. The van der Waals surface area contributed by atoms with Crippen molar-refractivity contribution in [1.29, 1.82) is 0 Å². The van der Waals surface area contributed by atoms with Crippen LogP contribution in [0, 0.1) is 0 Å². The lowest BCUT2D eigenvalue weighted by Crippen LogP contribution is -2.22. The summed E-state index contributed by atoms with van der Waals surface area (Å²) in [5.41, 5.74) is 1.37. The van der Waals surface area contributed by atoms with Crippen molar-refractivity contribution in [1.82, 2.24) is 5.32 Å². The molecule has 0 heterocycles. The Bertz CT molecular complexity index is 233. The van der Waals surface area contributed by atoms with Crippen LogP contribution in [-0.4, -0.2) is 19.4 Å². The maximum Gasteiger partial charge on any atom is 0.0968 e. The lowest BCUT2D eigenvalue weighted by atomic mass is 10.2. The minimum absolute atomic E-state index is 0.305. The highest BCUT2D eigenvalue weighted by atomic mass is 16.5. The van der Waals surface area contributed by atoms with Crippen LogP contribution >= 0.6 is 0 Å². The molecule has 0 aromatic heterocycles. The molecule has 0 aliphatic heterocycles. The van der Waals surface area contributed by atoms with Crippen molar-refractivity contribution in [2.24, 2.45) is 0 Å². The summed E-state index contributed by atoms with van der Waals surface area (Å²) in [5, 5.41) is 3.24. The van der Waals surface area contributed by atoms with Gasteiger partial charge < -0.3 is 4.74 Å². The minimum atomic E-state index is 0.305. The van der Waals surface area contributed by atoms with Gasteiger partial charge in [0, 0.05) is 6.54 Å². The maximum absolute atomic E-state index is 5.37. The Hall–Kier alpha value is -0.860. The molecule has 0 spiro atoms. The van der Waals surface area contributed by atoms with Gasteiger partial charge in [0.25, 0.3) is 0 Å². The molecular formula is C12H19NO. The van der Waals surface area contributed by atoms with E-state index in [9.17, 15) is 0 Å². The molecule has 1 aromatic rings. The van der Waals surface area contributed by atoms with Crippen LogP contribution in [-0.2, 0) is 11.2 Å². The first-order chi connectivity index (χ1) is 6.79. The quantitative estimate of drug-likeness (QED) is 0.552. The van der Waals surface area contributed by atoms with Gasteiger partial charge in [0.05, 0.1) is 12.8 Å². The molecule has 2 nitrogen and oxygen atoms in total. The summed E-state index contributed by atoms with van der Waals surface area (Å²) in [6.45, 7) is 5.69. The predicted molar refractivity (Wildman–Crippen MR) is 59.2 cm³/mol. The molecular weight excluding hydrogens is 174 g/mol. The van der Waals surface area contributed by atoms with E-state index < -0.39 is 0 Å². The molecule has 1 N–H and O–H groups in total. The minimum Gasteiger partial charge on any atom is -0.364 e. The van der Waals surface area contributed by atoms with Crippen molar-refractivity contribution >= 4 is 0 Å². The van der Waals surface area contributed by atoms with Crippen molar-refractivity contribution in [2.45, 2.75) is 26.4 Å². The summed E-state index contributed by atoms with van der Waals surface area (Å²) in [7, 11) is 0. The van der Waals surface area contributed by atoms with Gasteiger partial charge in [0.2, 0.25) is 0 Å². The summed E-state index contributed by atoms with van der Waals surface area (Å²) in [6, 6.07) is 10.5. The normalized spacial score (nSPS) is 10.8. The molecule has 14 heavy (non-hydrogen) atoms. The molecule has 0 bridgehead atoms. The molecule has 0 saturated heterocycles. The van der Waals surface area contributed by atoms with Gasteiger partial charge >= 0.3 is 0 Å². The molecule has 1 aromatic carbocycles. The van der Waals surface area contributed by atoms with Crippen LogP contribution in [0.25, 0.3) is 0 Å². The van der Waals surface area contributed by atoms with Crippen molar-refractivity contribution < 1.29 is 4.74 Å². The van der Waals surface area contributed by atoms with E-state index in [1.54, 1.807) is 0 Å². The van der Waals surface area contributed by atoms with Crippen molar-refractivity contribution in [3.63, 3.8) is 0 Å². The lowest BCUT2D eigenvalue weighted by molar-refractivity contribution is 0.0649. The Morgan fingerprint density at radius 2 is 1.93 bits per heavy atom. The largest absolute Gasteiger partial charge is 0.364 e. The summed E-state index contributed by atoms with van der Waals surface area (Å²) in [5.74, 6) is 0. The van der Waals surface area contributed by atoms with Crippen LogP contribution in [0.2, 0.25) is 0 Å². The van der Waals surface area contributed by atoms with E-state index >= 15 is 0 Å². The Morgan fingerprint density at radius 1 is 1.21 bits per heavy atom. The van der Waals surface area contributed by atoms with E-state index in [1.807, 2.05) is 19.9 Å². The molecule has 0 fully saturated rings. The summed E-state index contributed by atoms with van der Waals surface area (Å²) in [6.07, 6.45) is 1.36. The van der Waals surface area contributed by atoms with Crippen LogP contribution in [0.3, 0.4) is 0 Å². The second-order valence-electron chi connectivity index (χ2n) is 3.60. The third kappa shape index (κ3) is 5.00. The highest BCUT2D eigenvalue weighted by Crippen LogP contribution is 1.97. The molecule has 0 saturated carbocycles. The number of nitrogens with one attached hydrogen (secondary N) is 1. The third-order valence-corrected chi connectivity index (χ3v) is 1.95. The predicted octanol–water partition coefficient (Wildman–Crippen LogP) is 2.20. The van der Waals surface area contributed by atoms with Gasteiger partial charge in [0.15, 0.2) is 0 Å². The van der Waals surface area contributed by atoms with Crippen molar-refractivity contribution in [3.05, 3.63) is 35.9 Å². The average molecular weight is 193 g/mol. The van der Waals surface area contributed by atoms with Crippen LogP contribution < -0.4 is 5.32 Å². The first-order valence-corrected chi connectivity index (χ1v) is 5.15. The fourth-order valence-electron chi connectivity index (χ4n) is 1.18. The van der Waals surface area contributed by atoms with E-state index in [0.717, 1.165) is 13.0 Å². The van der Waals surface area contributed by atoms with Gasteiger partial charge in [-0.1, -0.05) is 30.3 Å². The van der Waals surface area contributed by atoms with Gasteiger partial charge in [-0.3, -0.25) is 5.32 Å². The number of hydrogen-bond acceptors (Lipinski definition) is 2. The lowest BCUT2D eigenvalue weighted by Gasteiger charge is -2.08. The number of hydrogen-bond donors (Lipinski definition) is 1. The van der Waals surface area contributed by atoms with Crippen LogP contribution in [0.15, 0.2) is 30.3 Å². The molecule has 2 heteroatoms. The zero-order chi connectivity index (χ0) is 10.2. The van der Waals surface area contributed by atoms with Crippen molar-refractivity contribution in [3.8, 4) is 0 Å². The highest BCUT2D eigenvalue weighted by molar-refractivity contribution is 5.14. The Kier molecular flexibility index (Phi) is 5.27. The summed E-state index contributed by atoms with van der Waals surface area (Å²) >= 11 is 0. The van der Waals surface area contributed by atoms with Crippen LogP contribution in [0.5, 0.6) is 0 Å². The Balaban J connectivity index is 2.05. The molecule has 0 aliphatic rings. The molecule has 0 radical (unpaired) electrons. The maximum atomic E-state index is 5.37. The van der Waals surface area contributed by atoms with E-state index in [4.69, 9.17) is 4.74 Å². The summed E-state index contributed by atoms with van der Waals surface area (Å²) in [4.78, 5) is 0. The van der Waals surface area contributed by atoms with Crippen molar-refractivity contribution in [2.75, 3.05) is 13.3 Å². The van der Waals surface area contributed by atoms with E-state index in [1.165, 1.54) is 5.56 Å². The zero-order valence-corrected chi connectivity index (χ0v) is 8.99. The monoisotopic (exact) mass is 193 g/mol. The topological polar surface area (TPSA) is 21.3 Å². The number of benzene rings is 1. The average Bonchev–Trinajstić information content (AvgIpc) is 2.18. The van der Waals surface area contributed by atoms with Gasteiger partial charge in [-0.15, -0.1) is 0 Å². The van der Waals surface area contributed by atoms with Gasteiger partial charge in [0.1, 0.15) is 0 Å². The third-order valence-electron chi connectivity index (χ3n) is 1.95. The molecule has 78 valence electrons. The fourth-order valence-corrected chi connectivity index (χ4v) is 1.18. The highest BCUT2D eigenvalue weighted by Gasteiger charge is 1.93. The molecule has 0 aliphatic carbocycles. The molecule has 0 atom stereocenters. The van der Waals surface area contributed by atoms with E-state index in [-0.39, 0.29) is 0 Å². The number of ether oxygens (including phenoxy) is 1. The standard InChI is InChI=1S/C12H19NO/c1-11(2)14-10-13-9-8-12-6-4-3-5-7-12/h3-7,11,13H,8-10H2,1-2H3. The van der Waals surface area contributed by atoms with Gasteiger partial charge in [-0.05, 0) is 25.8 Å². The zero-order valence-electron chi connectivity index (χ0n) is 8.99. The Morgan fingerprint density at radius 3 is 2.57 bits per heavy atom. The van der Waals surface area contributed by atoms with Crippen LogP contribution in [0.4, 0.5) is 0 Å². The number of rotatable bonds is 6. The van der Waals surface area contributed by atoms with E-state index in [0.29, 0.717) is 12.8 Å². The second-order valence-corrected chi connectivity index (χ2v) is 3.60. The van der Waals surface area contributed by atoms with Crippen LogP contribution in [0.1, 0.15) is 19.4 Å². The summed E-state index contributed by atoms with van der Waals surface area (Å²) < 4.78 is 5.37. The van der Waals surface area contributed by atoms with E-state index in [2.05, 4.69) is 29.6 Å². The second kappa shape index (κ2) is 6.57. The molecule has 1 rings (SSSR count). The fraction of sp³-hybridized carbons (Fsp3) is 0.500.